The van der Waals surface area contributed by atoms with Crippen molar-refractivity contribution in [3.63, 3.8) is 0 Å². The van der Waals surface area contributed by atoms with E-state index in [0.717, 1.165) is 15.4 Å². The zero-order valence-corrected chi connectivity index (χ0v) is 13.3. The highest BCUT2D eigenvalue weighted by Gasteiger charge is 2.20. The Labute approximate surface area is 133 Å². The number of carboxylic acid groups (broad SMARTS) is 1. The summed E-state index contributed by atoms with van der Waals surface area (Å²) in [6.45, 7) is 3.71. The molecule has 0 saturated carbocycles. The number of hydrogen-bond acceptors (Lipinski definition) is 4. The molecule has 1 amide bonds. The quantitative estimate of drug-likeness (QED) is 0.858. The summed E-state index contributed by atoms with van der Waals surface area (Å²) in [7, 11) is 0. The fraction of sp³-hybridized carbons (Fsp3) is 0.312. The first-order valence-corrected chi connectivity index (χ1v) is 7.80. The van der Waals surface area contributed by atoms with E-state index in [1.54, 1.807) is 0 Å². The van der Waals surface area contributed by atoms with E-state index in [1.165, 1.54) is 11.3 Å². The molecule has 0 aliphatic heterocycles. The van der Waals surface area contributed by atoms with Crippen LogP contribution in [-0.4, -0.2) is 22.0 Å². The molecule has 0 aliphatic carbocycles. The van der Waals surface area contributed by atoms with E-state index in [2.05, 4.69) is 10.3 Å². The van der Waals surface area contributed by atoms with Crippen LogP contribution in [0.5, 0.6) is 0 Å². The number of thiazole rings is 1. The Bertz CT molecular complexity index is 667. The summed E-state index contributed by atoms with van der Waals surface area (Å²) < 4.78 is 0. The highest BCUT2D eigenvalue weighted by atomic mass is 32.1. The summed E-state index contributed by atoms with van der Waals surface area (Å²) in [4.78, 5) is 28.3. The lowest BCUT2D eigenvalue weighted by Crippen LogP contribution is -2.29. The SMILES string of the molecule is Cc1nc(C(=O)NC(CCC(=O)O)c2ccccc2)c(C)s1. The minimum atomic E-state index is -0.879. The minimum absolute atomic E-state index is 0.00504. The lowest BCUT2D eigenvalue weighted by molar-refractivity contribution is -0.137. The second-order valence-corrected chi connectivity index (χ2v) is 6.41. The summed E-state index contributed by atoms with van der Waals surface area (Å²) in [5.74, 6) is -1.14. The molecule has 1 atom stereocenters. The van der Waals surface area contributed by atoms with Crippen molar-refractivity contribution >= 4 is 23.2 Å². The van der Waals surface area contributed by atoms with Crippen LogP contribution >= 0.6 is 11.3 Å². The zero-order chi connectivity index (χ0) is 16.1. The summed E-state index contributed by atoms with van der Waals surface area (Å²) in [6, 6.07) is 9.04. The van der Waals surface area contributed by atoms with E-state index in [4.69, 9.17) is 5.11 Å². The number of carboxylic acids is 1. The van der Waals surface area contributed by atoms with Crippen LogP contribution in [0.3, 0.4) is 0 Å². The van der Waals surface area contributed by atoms with Crippen LogP contribution in [0.15, 0.2) is 30.3 Å². The maximum absolute atomic E-state index is 12.4. The Balaban J connectivity index is 2.17. The molecule has 2 rings (SSSR count). The number of nitrogens with one attached hydrogen (secondary N) is 1. The summed E-state index contributed by atoms with van der Waals surface area (Å²) in [5, 5.41) is 12.6. The average Bonchev–Trinajstić information content (AvgIpc) is 2.83. The fourth-order valence-corrected chi connectivity index (χ4v) is 3.06. The molecule has 6 heteroatoms. The number of carbonyl (C=O) groups is 2. The Morgan fingerprint density at radius 1 is 1.27 bits per heavy atom. The van der Waals surface area contributed by atoms with E-state index < -0.39 is 5.97 Å². The second kappa shape index (κ2) is 7.17. The standard InChI is InChI=1S/C16H18N2O3S/c1-10-15(17-11(2)22-10)16(21)18-13(8-9-14(19)20)12-6-4-3-5-7-12/h3-7,13H,8-9H2,1-2H3,(H,18,21)(H,19,20). The molecule has 1 aromatic heterocycles. The molecule has 22 heavy (non-hydrogen) atoms. The maximum atomic E-state index is 12.4. The largest absolute Gasteiger partial charge is 0.481 e. The van der Waals surface area contributed by atoms with Crippen molar-refractivity contribution in [2.75, 3.05) is 0 Å². The van der Waals surface area contributed by atoms with Gasteiger partial charge in [-0.3, -0.25) is 9.59 Å². The lowest BCUT2D eigenvalue weighted by atomic mass is 10.0. The monoisotopic (exact) mass is 318 g/mol. The van der Waals surface area contributed by atoms with E-state index in [-0.39, 0.29) is 18.4 Å². The molecule has 0 fully saturated rings. The molecular weight excluding hydrogens is 300 g/mol. The molecule has 1 unspecified atom stereocenters. The predicted molar refractivity (Wildman–Crippen MR) is 85.1 cm³/mol. The summed E-state index contributed by atoms with van der Waals surface area (Å²) in [6.07, 6.45) is 0.335. The highest BCUT2D eigenvalue weighted by Crippen LogP contribution is 2.21. The predicted octanol–water partition coefficient (Wildman–Crippen LogP) is 3.10. The van der Waals surface area contributed by atoms with Gasteiger partial charge in [0.2, 0.25) is 0 Å². The van der Waals surface area contributed by atoms with Gasteiger partial charge in [-0.2, -0.15) is 0 Å². The third-order valence-corrected chi connectivity index (χ3v) is 4.16. The molecule has 2 aromatic rings. The van der Waals surface area contributed by atoms with Gasteiger partial charge in [0, 0.05) is 11.3 Å². The van der Waals surface area contributed by atoms with Gasteiger partial charge in [0.1, 0.15) is 5.69 Å². The van der Waals surface area contributed by atoms with E-state index >= 15 is 0 Å². The average molecular weight is 318 g/mol. The normalized spacial score (nSPS) is 11.9. The second-order valence-electron chi connectivity index (χ2n) is 5.01. The first-order valence-electron chi connectivity index (χ1n) is 6.99. The Morgan fingerprint density at radius 2 is 1.95 bits per heavy atom. The molecule has 0 aliphatic rings. The van der Waals surface area contributed by atoms with Crippen LogP contribution in [0, 0.1) is 13.8 Å². The van der Waals surface area contributed by atoms with Crippen LogP contribution in [0.2, 0.25) is 0 Å². The van der Waals surface area contributed by atoms with E-state index in [0.29, 0.717) is 12.1 Å². The van der Waals surface area contributed by atoms with Crippen LogP contribution in [0.4, 0.5) is 0 Å². The van der Waals surface area contributed by atoms with Gasteiger partial charge in [0.15, 0.2) is 0 Å². The molecule has 2 N–H and O–H groups in total. The zero-order valence-electron chi connectivity index (χ0n) is 12.5. The van der Waals surface area contributed by atoms with Gasteiger partial charge < -0.3 is 10.4 Å². The molecule has 116 valence electrons. The van der Waals surface area contributed by atoms with Crippen LogP contribution < -0.4 is 5.32 Å². The Hall–Kier alpha value is -2.21. The van der Waals surface area contributed by atoms with Crippen molar-refractivity contribution in [2.45, 2.75) is 32.7 Å². The first kappa shape index (κ1) is 16.2. The number of amides is 1. The van der Waals surface area contributed by atoms with Gasteiger partial charge in [-0.15, -0.1) is 11.3 Å². The van der Waals surface area contributed by atoms with Crippen molar-refractivity contribution in [3.05, 3.63) is 51.5 Å². The smallest absolute Gasteiger partial charge is 0.303 e. The molecule has 0 saturated heterocycles. The van der Waals surface area contributed by atoms with Crippen LogP contribution in [0.25, 0.3) is 0 Å². The van der Waals surface area contributed by atoms with E-state index in [9.17, 15) is 9.59 Å². The number of aryl methyl sites for hydroxylation is 2. The third-order valence-electron chi connectivity index (χ3n) is 3.27. The van der Waals surface area contributed by atoms with Gasteiger partial charge in [-0.25, -0.2) is 4.98 Å². The Kier molecular flexibility index (Phi) is 5.27. The van der Waals surface area contributed by atoms with Crippen LogP contribution in [0.1, 0.15) is 44.8 Å². The number of nitrogens with zero attached hydrogens (tertiary/aromatic N) is 1. The molecule has 0 radical (unpaired) electrons. The van der Waals surface area contributed by atoms with Gasteiger partial charge in [0.25, 0.3) is 5.91 Å². The fourth-order valence-electron chi connectivity index (χ4n) is 2.24. The lowest BCUT2D eigenvalue weighted by Gasteiger charge is -2.18. The van der Waals surface area contributed by atoms with Crippen molar-refractivity contribution in [1.29, 1.82) is 0 Å². The van der Waals surface area contributed by atoms with Crippen molar-refractivity contribution < 1.29 is 14.7 Å². The number of rotatable bonds is 6. The highest BCUT2D eigenvalue weighted by molar-refractivity contribution is 7.11. The topological polar surface area (TPSA) is 79.3 Å². The summed E-state index contributed by atoms with van der Waals surface area (Å²) >= 11 is 1.47. The van der Waals surface area contributed by atoms with Gasteiger partial charge in [0.05, 0.1) is 11.0 Å². The molecule has 5 nitrogen and oxygen atoms in total. The van der Waals surface area contributed by atoms with Crippen molar-refractivity contribution in [1.82, 2.24) is 10.3 Å². The number of hydrogen-bond donors (Lipinski definition) is 2. The Morgan fingerprint density at radius 3 is 2.50 bits per heavy atom. The van der Waals surface area contributed by atoms with Crippen molar-refractivity contribution in [2.24, 2.45) is 0 Å². The van der Waals surface area contributed by atoms with E-state index in [1.807, 2.05) is 44.2 Å². The molecular formula is C16H18N2O3S. The maximum Gasteiger partial charge on any atom is 0.303 e. The number of aromatic nitrogens is 1. The minimum Gasteiger partial charge on any atom is -0.481 e. The van der Waals surface area contributed by atoms with Crippen LogP contribution in [-0.2, 0) is 4.79 Å². The van der Waals surface area contributed by atoms with Gasteiger partial charge in [-0.1, -0.05) is 30.3 Å². The molecule has 0 spiro atoms. The van der Waals surface area contributed by atoms with Crippen molar-refractivity contribution in [3.8, 4) is 0 Å². The third kappa shape index (κ3) is 4.14. The van der Waals surface area contributed by atoms with Gasteiger partial charge in [-0.05, 0) is 25.8 Å². The number of aliphatic carboxylic acids is 1. The number of carbonyl (C=O) groups excluding carboxylic acids is 1. The molecule has 1 heterocycles. The first-order chi connectivity index (χ1) is 10.5. The molecule has 1 aromatic carbocycles. The van der Waals surface area contributed by atoms with Gasteiger partial charge >= 0.3 is 5.97 Å². The molecule has 0 bridgehead atoms. The number of benzene rings is 1. The summed E-state index contributed by atoms with van der Waals surface area (Å²) in [5.41, 5.74) is 1.31.